The van der Waals surface area contributed by atoms with Crippen LogP contribution in [-0.4, -0.2) is 4.98 Å². The highest BCUT2D eigenvalue weighted by molar-refractivity contribution is 9.10. The number of halogens is 2. The maximum Gasteiger partial charge on any atom is 0.124 e. The number of nitrogens with zero attached hydrogens (tertiary/aromatic N) is 1. The SMILES string of the molecule is CC(C)c1cnc(-c2cc(F)ccc2Br)s1. The standard InChI is InChI=1S/C12H11BrFNS/c1-7(2)11-6-15-12(16-11)9-5-8(14)3-4-10(9)13/h3-7H,1-2H3. The normalized spacial score (nSPS) is 11.1. The molecule has 0 saturated heterocycles. The van der Waals surface area contributed by atoms with Crippen LogP contribution in [-0.2, 0) is 0 Å². The monoisotopic (exact) mass is 299 g/mol. The quantitative estimate of drug-likeness (QED) is 0.773. The van der Waals surface area contributed by atoms with E-state index in [0.29, 0.717) is 5.92 Å². The molecule has 1 aromatic heterocycles. The summed E-state index contributed by atoms with van der Waals surface area (Å²) in [7, 11) is 0. The molecule has 4 heteroatoms. The van der Waals surface area contributed by atoms with Crippen LogP contribution in [0.3, 0.4) is 0 Å². The first kappa shape index (κ1) is 11.7. The largest absolute Gasteiger partial charge is 0.244 e. The van der Waals surface area contributed by atoms with Gasteiger partial charge < -0.3 is 0 Å². The predicted molar refractivity (Wildman–Crippen MR) is 69.3 cm³/mol. The predicted octanol–water partition coefficient (Wildman–Crippen LogP) is 4.84. The van der Waals surface area contributed by atoms with E-state index in [1.54, 1.807) is 17.4 Å². The maximum absolute atomic E-state index is 13.2. The number of benzene rings is 1. The van der Waals surface area contributed by atoms with Gasteiger partial charge in [-0.2, -0.15) is 0 Å². The molecule has 1 nitrogen and oxygen atoms in total. The summed E-state index contributed by atoms with van der Waals surface area (Å²) in [6.07, 6.45) is 1.86. The summed E-state index contributed by atoms with van der Waals surface area (Å²) < 4.78 is 14.0. The Bertz CT molecular complexity index is 507. The number of rotatable bonds is 2. The maximum atomic E-state index is 13.2. The number of hydrogen-bond acceptors (Lipinski definition) is 2. The average molecular weight is 300 g/mol. The van der Waals surface area contributed by atoms with Crippen molar-refractivity contribution in [3.05, 3.63) is 39.6 Å². The molecular formula is C12H11BrFNS. The lowest BCUT2D eigenvalue weighted by Crippen LogP contribution is -1.80. The molecular weight excluding hydrogens is 289 g/mol. The van der Waals surface area contributed by atoms with Gasteiger partial charge >= 0.3 is 0 Å². The Morgan fingerprint density at radius 1 is 1.38 bits per heavy atom. The molecule has 0 fully saturated rings. The summed E-state index contributed by atoms with van der Waals surface area (Å²) in [4.78, 5) is 5.55. The minimum absolute atomic E-state index is 0.237. The van der Waals surface area contributed by atoms with E-state index >= 15 is 0 Å². The molecule has 2 rings (SSSR count). The van der Waals surface area contributed by atoms with Gasteiger partial charge in [0, 0.05) is 21.1 Å². The smallest absolute Gasteiger partial charge is 0.124 e. The molecule has 0 saturated carbocycles. The van der Waals surface area contributed by atoms with Crippen LogP contribution in [0.4, 0.5) is 4.39 Å². The second-order valence-electron chi connectivity index (χ2n) is 3.85. The van der Waals surface area contributed by atoms with Crippen molar-refractivity contribution in [2.45, 2.75) is 19.8 Å². The first-order valence-corrected chi connectivity index (χ1v) is 6.60. The molecule has 0 aliphatic heterocycles. The minimum Gasteiger partial charge on any atom is -0.244 e. The first-order chi connectivity index (χ1) is 7.58. The van der Waals surface area contributed by atoms with Crippen LogP contribution in [0.2, 0.25) is 0 Å². The lowest BCUT2D eigenvalue weighted by molar-refractivity contribution is 0.628. The topological polar surface area (TPSA) is 12.9 Å². The fourth-order valence-corrected chi connectivity index (χ4v) is 2.85. The molecule has 0 bridgehead atoms. The second kappa shape index (κ2) is 4.63. The molecule has 0 aliphatic rings. The third-order valence-electron chi connectivity index (χ3n) is 2.25. The summed E-state index contributed by atoms with van der Waals surface area (Å²) in [5.74, 6) is 0.220. The van der Waals surface area contributed by atoms with Gasteiger partial charge in [-0.15, -0.1) is 11.3 Å². The molecule has 0 N–H and O–H groups in total. The molecule has 0 atom stereocenters. The van der Waals surface area contributed by atoms with Gasteiger partial charge in [0.15, 0.2) is 0 Å². The zero-order chi connectivity index (χ0) is 11.7. The molecule has 0 radical (unpaired) electrons. The van der Waals surface area contributed by atoms with Crippen molar-refractivity contribution in [3.8, 4) is 10.6 Å². The van der Waals surface area contributed by atoms with Crippen molar-refractivity contribution >= 4 is 27.3 Å². The van der Waals surface area contributed by atoms with E-state index in [1.165, 1.54) is 17.0 Å². The molecule has 16 heavy (non-hydrogen) atoms. The van der Waals surface area contributed by atoms with E-state index in [0.717, 1.165) is 15.0 Å². The zero-order valence-corrected chi connectivity index (χ0v) is 11.4. The Kier molecular flexibility index (Phi) is 3.40. The molecule has 1 heterocycles. The van der Waals surface area contributed by atoms with Gasteiger partial charge in [0.25, 0.3) is 0 Å². The van der Waals surface area contributed by atoms with Crippen molar-refractivity contribution in [1.29, 1.82) is 0 Å². The van der Waals surface area contributed by atoms with Crippen LogP contribution in [0, 0.1) is 5.82 Å². The fraction of sp³-hybridized carbons (Fsp3) is 0.250. The van der Waals surface area contributed by atoms with E-state index in [2.05, 4.69) is 34.8 Å². The van der Waals surface area contributed by atoms with Crippen molar-refractivity contribution in [2.24, 2.45) is 0 Å². The molecule has 0 amide bonds. The Hall–Kier alpha value is -0.740. The van der Waals surface area contributed by atoms with Gasteiger partial charge in [-0.1, -0.05) is 29.8 Å². The fourth-order valence-electron chi connectivity index (χ4n) is 1.34. The van der Waals surface area contributed by atoms with Crippen LogP contribution in [0.5, 0.6) is 0 Å². The lowest BCUT2D eigenvalue weighted by Gasteiger charge is -2.00. The highest BCUT2D eigenvalue weighted by atomic mass is 79.9. The second-order valence-corrected chi connectivity index (χ2v) is 5.76. The number of aromatic nitrogens is 1. The minimum atomic E-state index is -0.237. The van der Waals surface area contributed by atoms with Crippen molar-refractivity contribution in [2.75, 3.05) is 0 Å². The van der Waals surface area contributed by atoms with Gasteiger partial charge in [0.2, 0.25) is 0 Å². The van der Waals surface area contributed by atoms with Gasteiger partial charge in [0.1, 0.15) is 10.8 Å². The summed E-state index contributed by atoms with van der Waals surface area (Å²) in [5.41, 5.74) is 0.817. The zero-order valence-electron chi connectivity index (χ0n) is 9.00. The van der Waals surface area contributed by atoms with E-state index in [9.17, 15) is 4.39 Å². The van der Waals surface area contributed by atoms with Crippen LogP contribution in [0.1, 0.15) is 24.6 Å². The molecule has 1 aromatic carbocycles. The summed E-state index contributed by atoms with van der Waals surface area (Å²) >= 11 is 5.02. The average Bonchev–Trinajstić information content (AvgIpc) is 2.70. The van der Waals surface area contributed by atoms with Crippen molar-refractivity contribution < 1.29 is 4.39 Å². The van der Waals surface area contributed by atoms with E-state index in [1.807, 2.05) is 6.20 Å². The molecule has 0 aliphatic carbocycles. The number of hydrogen-bond donors (Lipinski definition) is 0. The van der Waals surface area contributed by atoms with Crippen molar-refractivity contribution in [1.82, 2.24) is 4.98 Å². The van der Waals surface area contributed by atoms with Gasteiger partial charge in [-0.05, 0) is 24.1 Å². The Morgan fingerprint density at radius 3 is 2.75 bits per heavy atom. The van der Waals surface area contributed by atoms with Gasteiger partial charge in [-0.3, -0.25) is 0 Å². The lowest BCUT2D eigenvalue weighted by atomic mass is 10.2. The van der Waals surface area contributed by atoms with Crippen molar-refractivity contribution in [3.63, 3.8) is 0 Å². The van der Waals surface area contributed by atoms with E-state index < -0.39 is 0 Å². The molecule has 2 aromatic rings. The van der Waals surface area contributed by atoms with Crippen LogP contribution < -0.4 is 0 Å². The highest BCUT2D eigenvalue weighted by Gasteiger charge is 2.10. The van der Waals surface area contributed by atoms with Gasteiger partial charge in [-0.25, -0.2) is 9.37 Å². The molecule has 84 valence electrons. The summed E-state index contributed by atoms with van der Waals surface area (Å²) in [6.45, 7) is 4.25. The van der Waals surface area contributed by atoms with Crippen LogP contribution in [0.15, 0.2) is 28.9 Å². The molecule has 0 spiro atoms. The summed E-state index contributed by atoms with van der Waals surface area (Å²) in [6, 6.07) is 4.65. The van der Waals surface area contributed by atoms with Gasteiger partial charge in [0.05, 0.1) is 0 Å². The van der Waals surface area contributed by atoms with E-state index in [-0.39, 0.29) is 5.82 Å². The Labute approximate surface area is 106 Å². The first-order valence-electron chi connectivity index (χ1n) is 4.99. The summed E-state index contributed by atoms with van der Waals surface area (Å²) in [5, 5.41) is 0.857. The number of thiazole rings is 1. The molecule has 0 unspecified atom stereocenters. The Balaban J connectivity index is 2.46. The van der Waals surface area contributed by atoms with Crippen LogP contribution >= 0.6 is 27.3 Å². The third-order valence-corrected chi connectivity index (χ3v) is 4.27. The highest BCUT2D eigenvalue weighted by Crippen LogP contribution is 2.34. The third kappa shape index (κ3) is 2.33. The van der Waals surface area contributed by atoms with E-state index in [4.69, 9.17) is 0 Å². The van der Waals surface area contributed by atoms with Crippen LogP contribution in [0.25, 0.3) is 10.6 Å². The Morgan fingerprint density at radius 2 is 2.12 bits per heavy atom.